The average Bonchev–Trinajstić information content (AvgIpc) is 3.18. The van der Waals surface area contributed by atoms with Gasteiger partial charge in [-0.15, -0.1) is 0 Å². The molecule has 2 aliphatic heterocycles. The summed E-state index contributed by atoms with van der Waals surface area (Å²) < 4.78 is 50.7. The second-order valence-electron chi connectivity index (χ2n) is 9.19. The predicted octanol–water partition coefficient (Wildman–Crippen LogP) is -5.53. The van der Waals surface area contributed by atoms with Crippen molar-refractivity contribution in [2.45, 2.75) is 62.1 Å². The number of ether oxygens (including phenoxy) is 2. The van der Waals surface area contributed by atoms with Crippen LogP contribution < -0.4 is 21.9 Å². The van der Waals surface area contributed by atoms with E-state index in [1.807, 2.05) is 4.98 Å². The molecule has 2 fully saturated rings. The van der Waals surface area contributed by atoms with Crippen LogP contribution in [0.1, 0.15) is 13.2 Å². The highest BCUT2D eigenvalue weighted by Gasteiger charge is 2.52. The Kier molecular flexibility index (Phi) is 11.5. The number of aliphatic hydroxyl groups is 5. The Morgan fingerprint density at radius 2 is 1.74 bits per heavy atom. The molecule has 1 aromatic heterocycles. The minimum atomic E-state index is -5.73. The molecule has 0 radical (unpaired) electrons. The van der Waals surface area contributed by atoms with Crippen molar-refractivity contribution in [3.63, 3.8) is 0 Å². The van der Waals surface area contributed by atoms with Crippen LogP contribution in [0.4, 0.5) is 0 Å². The molecule has 0 bridgehead atoms. The fourth-order valence-electron chi connectivity index (χ4n) is 4.13. The molecular formula is C19H30N4O18P2. The van der Waals surface area contributed by atoms with E-state index in [4.69, 9.17) is 23.6 Å². The van der Waals surface area contributed by atoms with Crippen LogP contribution in [0.15, 0.2) is 21.9 Å². The summed E-state index contributed by atoms with van der Waals surface area (Å²) >= 11 is 0. The van der Waals surface area contributed by atoms with Crippen LogP contribution in [-0.4, -0.2) is 125 Å². The van der Waals surface area contributed by atoms with Gasteiger partial charge in [0.2, 0.25) is 11.8 Å². The number of carbonyl (C=O) groups is 2. The van der Waals surface area contributed by atoms with Gasteiger partial charge in [-0.1, -0.05) is 0 Å². The lowest BCUT2D eigenvalue weighted by molar-refractivity contribution is -0.243. The summed E-state index contributed by atoms with van der Waals surface area (Å²) in [5.74, 6) is -1.77. The zero-order valence-corrected chi connectivity index (χ0v) is 23.7. The monoisotopic (exact) mass is 664 g/mol. The number of aromatic nitrogens is 2. The second-order valence-corrected chi connectivity index (χ2v) is 12.2. The zero-order valence-electron chi connectivity index (χ0n) is 21.9. The number of hydrogen-bond acceptors (Lipinski definition) is 16. The number of aromatic amines is 1. The Labute approximate surface area is 240 Å². The van der Waals surface area contributed by atoms with Gasteiger partial charge in [0.25, 0.3) is 5.56 Å². The van der Waals surface area contributed by atoms with Crippen molar-refractivity contribution in [2.24, 2.45) is 0 Å². The van der Waals surface area contributed by atoms with Crippen LogP contribution >= 0.6 is 15.6 Å². The number of nitrogens with one attached hydrogen (secondary N) is 3. The number of hydrogen-bond donors (Lipinski definition) is 10. The summed E-state index contributed by atoms with van der Waals surface area (Å²) in [6, 6.07) is -0.869. The van der Waals surface area contributed by atoms with Crippen LogP contribution in [0.3, 0.4) is 0 Å². The number of phosphoric ester groups is 1. The standard InChI is InChI=1S/C19H30N4O18P2/c1-7(25)21-12-16(14(29)8(39-18(12)31)4-20-11(27)5-24)40-43(36,41-42(33,34)35)37-6-9-13(28)15(30)17(38-9)23-3-2-10(26)22-19(23)32/h2-3,8-9,12-18,24,28-31H,4-6H2,1H3,(H,20,27)(H,21,25)(H,22,26,32)(H2,33,34,35)/t8-,9-,12-,13-,14-,15-,16-,17-,18+,43?/m1/s1. The predicted molar refractivity (Wildman–Crippen MR) is 133 cm³/mol. The molecule has 0 aromatic carbocycles. The van der Waals surface area contributed by atoms with Crippen LogP contribution in [-0.2, 0) is 41.6 Å². The summed E-state index contributed by atoms with van der Waals surface area (Å²) in [7, 11) is -11.3. The van der Waals surface area contributed by atoms with Crippen molar-refractivity contribution in [2.75, 3.05) is 19.8 Å². The lowest BCUT2D eigenvalue weighted by Crippen LogP contribution is -2.65. The highest BCUT2D eigenvalue weighted by Crippen LogP contribution is 2.62. The molecule has 0 aliphatic carbocycles. The number of aliphatic hydroxyl groups excluding tert-OH is 5. The van der Waals surface area contributed by atoms with Gasteiger partial charge in [-0.3, -0.25) is 33.0 Å². The molecule has 2 amide bonds. The SMILES string of the molecule is CC(=O)N[C@@H]1[C@@H](OP(=O)(OC[C@H]2O[C@@H](n3ccc(=O)[nH]c3=O)[C@H](O)[C@@H]2O)OP(=O)(O)O)[C@H](O)[C@@H](CNC(=O)CO)O[C@@H]1O. The van der Waals surface area contributed by atoms with Gasteiger partial charge in [-0.2, -0.15) is 4.31 Å². The molecule has 1 unspecified atom stereocenters. The van der Waals surface area contributed by atoms with Gasteiger partial charge in [0, 0.05) is 25.7 Å². The number of phosphoric acid groups is 2. The number of H-pyrrole nitrogens is 1. The van der Waals surface area contributed by atoms with Crippen molar-refractivity contribution in [3.8, 4) is 0 Å². The van der Waals surface area contributed by atoms with E-state index in [0.717, 1.165) is 19.2 Å². The molecular weight excluding hydrogens is 634 g/mol. The molecule has 24 heteroatoms. The van der Waals surface area contributed by atoms with Crippen molar-refractivity contribution >= 4 is 27.5 Å². The Bertz CT molecular complexity index is 1370. The third kappa shape index (κ3) is 9.06. The van der Waals surface area contributed by atoms with Crippen LogP contribution in [0.2, 0.25) is 0 Å². The number of amides is 2. The molecule has 3 rings (SSSR count). The van der Waals surface area contributed by atoms with E-state index >= 15 is 0 Å². The maximum Gasteiger partial charge on any atom is 0.484 e. The van der Waals surface area contributed by atoms with E-state index in [1.165, 1.54) is 0 Å². The Morgan fingerprint density at radius 3 is 2.33 bits per heavy atom. The minimum absolute atomic E-state index is 0.583. The summed E-state index contributed by atoms with van der Waals surface area (Å²) in [5.41, 5.74) is -1.82. The van der Waals surface area contributed by atoms with Crippen molar-refractivity contribution in [3.05, 3.63) is 33.1 Å². The first-order chi connectivity index (χ1) is 19.9. The number of carbonyl (C=O) groups excluding carboxylic acids is 2. The topological polar surface area (TPSA) is 335 Å². The molecule has 2 saturated heterocycles. The quantitative estimate of drug-likeness (QED) is 0.0931. The van der Waals surface area contributed by atoms with E-state index in [2.05, 4.69) is 14.9 Å². The molecule has 0 saturated carbocycles. The minimum Gasteiger partial charge on any atom is -0.388 e. The lowest BCUT2D eigenvalue weighted by atomic mass is 9.96. The second kappa shape index (κ2) is 14.1. The van der Waals surface area contributed by atoms with Gasteiger partial charge in [0.15, 0.2) is 12.5 Å². The van der Waals surface area contributed by atoms with Gasteiger partial charge in [0.1, 0.15) is 49.3 Å². The third-order valence-corrected chi connectivity index (χ3v) is 8.64. The van der Waals surface area contributed by atoms with E-state index in [-0.39, 0.29) is 0 Å². The van der Waals surface area contributed by atoms with Gasteiger partial charge in [0.05, 0.1) is 6.61 Å². The smallest absolute Gasteiger partial charge is 0.388 e. The summed E-state index contributed by atoms with van der Waals surface area (Å²) in [5, 5.41) is 55.2. The summed E-state index contributed by atoms with van der Waals surface area (Å²) in [6.07, 6.45) is -13.8. The van der Waals surface area contributed by atoms with E-state index in [9.17, 15) is 58.5 Å². The zero-order chi connectivity index (χ0) is 32.3. The highest BCUT2D eigenvalue weighted by molar-refractivity contribution is 7.61. The summed E-state index contributed by atoms with van der Waals surface area (Å²) in [4.78, 5) is 67.2. The molecule has 0 spiro atoms. The molecule has 10 N–H and O–H groups in total. The van der Waals surface area contributed by atoms with E-state index in [1.54, 1.807) is 0 Å². The Balaban J connectivity index is 1.85. The van der Waals surface area contributed by atoms with Gasteiger partial charge in [-0.05, 0) is 0 Å². The number of rotatable bonds is 12. The van der Waals surface area contributed by atoms with Crippen molar-refractivity contribution in [1.82, 2.24) is 20.2 Å². The Morgan fingerprint density at radius 1 is 1.07 bits per heavy atom. The van der Waals surface area contributed by atoms with E-state index in [0.29, 0.717) is 4.57 Å². The highest BCUT2D eigenvalue weighted by atomic mass is 31.3. The maximum absolute atomic E-state index is 13.5. The van der Waals surface area contributed by atoms with Gasteiger partial charge >= 0.3 is 21.3 Å². The fourth-order valence-corrected chi connectivity index (χ4v) is 6.46. The molecule has 10 atom stereocenters. The van der Waals surface area contributed by atoms with Crippen molar-refractivity contribution in [1.29, 1.82) is 0 Å². The molecule has 43 heavy (non-hydrogen) atoms. The first-order valence-electron chi connectivity index (χ1n) is 12.1. The molecule has 244 valence electrons. The molecule has 2 aliphatic rings. The fraction of sp³-hybridized carbons (Fsp3) is 0.684. The first-order valence-corrected chi connectivity index (χ1v) is 15.1. The largest absolute Gasteiger partial charge is 0.484 e. The van der Waals surface area contributed by atoms with Crippen LogP contribution in [0.25, 0.3) is 0 Å². The maximum atomic E-state index is 13.5. The average molecular weight is 664 g/mol. The van der Waals surface area contributed by atoms with Crippen molar-refractivity contribution < 1.29 is 76.9 Å². The van der Waals surface area contributed by atoms with Gasteiger partial charge < -0.3 is 55.4 Å². The van der Waals surface area contributed by atoms with Gasteiger partial charge in [-0.25, -0.2) is 13.9 Å². The van der Waals surface area contributed by atoms with Crippen LogP contribution in [0.5, 0.6) is 0 Å². The van der Waals surface area contributed by atoms with Crippen LogP contribution in [0, 0.1) is 0 Å². The first kappa shape index (κ1) is 35.1. The third-order valence-electron chi connectivity index (χ3n) is 6.02. The van der Waals surface area contributed by atoms with E-state index < -0.39 is 114 Å². The Hall–Kier alpha value is -2.40. The summed E-state index contributed by atoms with van der Waals surface area (Å²) in [6.45, 7) is -1.67. The molecule has 1 aromatic rings. The number of nitrogens with zero attached hydrogens (tertiary/aromatic N) is 1. The lowest BCUT2D eigenvalue weighted by Gasteiger charge is -2.43. The molecule has 22 nitrogen and oxygen atoms in total. The normalized spacial score (nSPS) is 32.6. The molecule has 3 heterocycles.